The van der Waals surface area contributed by atoms with Crippen molar-refractivity contribution in [2.45, 2.75) is 50.0 Å². The van der Waals surface area contributed by atoms with Gasteiger partial charge in [-0.15, -0.1) is 0 Å². The molecule has 1 amide bonds. The minimum Gasteiger partial charge on any atom is -0.487 e. The fraction of sp³-hybridized carbons (Fsp3) is 0.562. The van der Waals surface area contributed by atoms with Gasteiger partial charge in [0.1, 0.15) is 5.60 Å². The topological polar surface area (TPSA) is 128 Å². The lowest BCUT2D eigenvalue weighted by Crippen LogP contribution is -2.35. The van der Waals surface area contributed by atoms with Gasteiger partial charge in [0.25, 0.3) is 0 Å². The summed E-state index contributed by atoms with van der Waals surface area (Å²) in [5.41, 5.74) is -0.918. The minimum absolute atomic E-state index is 0.0499. The molecule has 0 radical (unpaired) electrons. The molecule has 0 spiro atoms. The number of benzene rings is 1. The van der Waals surface area contributed by atoms with Crippen molar-refractivity contribution in [3.63, 3.8) is 0 Å². The van der Waals surface area contributed by atoms with Gasteiger partial charge in [0.15, 0.2) is 11.5 Å². The molecule has 1 aromatic carbocycles. The van der Waals surface area contributed by atoms with Crippen molar-refractivity contribution in [1.82, 2.24) is 5.32 Å². The van der Waals surface area contributed by atoms with Crippen LogP contribution in [0.25, 0.3) is 0 Å². The Morgan fingerprint density at radius 1 is 1.17 bits per heavy atom. The maximum Gasteiger partial charge on any atom is 0.453 e. The Kier molecular flexibility index (Phi) is 4.39. The molecule has 1 aromatic rings. The largest absolute Gasteiger partial charge is 0.487 e. The molecule has 8 heteroatoms. The number of ether oxygens (including phenoxy) is 2. The zero-order valence-corrected chi connectivity index (χ0v) is 13.1. The van der Waals surface area contributed by atoms with E-state index in [1.165, 1.54) is 18.2 Å². The van der Waals surface area contributed by atoms with Crippen LogP contribution >= 0.6 is 0 Å². The maximum absolute atomic E-state index is 11.4. The molecule has 132 valence electrons. The van der Waals surface area contributed by atoms with Crippen LogP contribution in [0.2, 0.25) is 0 Å². The van der Waals surface area contributed by atoms with Gasteiger partial charge in [0, 0.05) is 0 Å². The van der Waals surface area contributed by atoms with E-state index in [-0.39, 0.29) is 36.5 Å². The highest BCUT2D eigenvalue weighted by molar-refractivity contribution is 5.80. The molecule has 1 atom stereocenters. The second kappa shape index (κ2) is 6.21. The summed E-state index contributed by atoms with van der Waals surface area (Å²) in [7, 11) is 0. The highest BCUT2D eigenvalue weighted by atomic mass is 16.9. The van der Waals surface area contributed by atoms with Crippen LogP contribution in [0.1, 0.15) is 37.7 Å². The molecule has 24 heavy (non-hydrogen) atoms. The summed E-state index contributed by atoms with van der Waals surface area (Å²) < 4.78 is 10.5. The average Bonchev–Trinajstić information content (AvgIpc) is 3.10. The van der Waals surface area contributed by atoms with Gasteiger partial charge in [-0.1, -0.05) is 6.07 Å². The van der Waals surface area contributed by atoms with E-state index >= 15 is 0 Å². The first kappa shape index (κ1) is 17.0. The van der Waals surface area contributed by atoms with E-state index in [0.29, 0.717) is 5.56 Å². The molecule has 1 saturated carbocycles. The normalized spacial score (nSPS) is 24.9. The van der Waals surface area contributed by atoms with Gasteiger partial charge in [-0.3, -0.25) is 4.79 Å². The van der Waals surface area contributed by atoms with E-state index in [4.69, 9.17) is 24.8 Å². The number of aliphatic hydroxyl groups is 4. The predicted octanol–water partition coefficient (Wildman–Crippen LogP) is -0.317. The van der Waals surface area contributed by atoms with E-state index < -0.39 is 11.8 Å². The Hall–Kier alpha value is -1.87. The van der Waals surface area contributed by atoms with Crippen molar-refractivity contribution in [3.05, 3.63) is 23.8 Å². The lowest BCUT2D eigenvalue weighted by molar-refractivity contribution is -0.419. The third-order valence-corrected chi connectivity index (χ3v) is 4.35. The third kappa shape index (κ3) is 3.78. The smallest absolute Gasteiger partial charge is 0.453 e. The second-order valence-corrected chi connectivity index (χ2v) is 6.35. The molecule has 2 aliphatic rings. The average molecular weight is 339 g/mol. The summed E-state index contributed by atoms with van der Waals surface area (Å²) in [5, 5.41) is 40.3. The fourth-order valence-electron chi connectivity index (χ4n) is 3.15. The lowest BCUT2D eigenvalue weighted by Gasteiger charge is -2.25. The van der Waals surface area contributed by atoms with E-state index in [9.17, 15) is 9.90 Å². The summed E-state index contributed by atoms with van der Waals surface area (Å²) in [5.74, 6) is -0.149. The van der Waals surface area contributed by atoms with Crippen LogP contribution in [0, 0.1) is 0 Å². The zero-order valence-electron chi connectivity index (χ0n) is 13.1. The van der Waals surface area contributed by atoms with Crippen LogP contribution < -0.4 is 14.8 Å². The molecule has 5 N–H and O–H groups in total. The predicted molar refractivity (Wildman–Crippen MR) is 80.9 cm³/mol. The second-order valence-electron chi connectivity index (χ2n) is 6.35. The quantitative estimate of drug-likeness (QED) is 0.465. The highest BCUT2D eigenvalue weighted by Gasteiger charge is 2.39. The molecule has 3 rings (SSSR count). The van der Waals surface area contributed by atoms with Gasteiger partial charge in [-0.05, 0) is 43.4 Å². The van der Waals surface area contributed by atoms with Gasteiger partial charge in [-0.2, -0.15) is 0 Å². The Morgan fingerprint density at radius 2 is 1.88 bits per heavy atom. The Morgan fingerprint density at radius 3 is 2.46 bits per heavy atom. The molecular weight excluding hydrogens is 318 g/mol. The number of nitrogens with one attached hydrogen (secondary N) is 1. The number of hydrogen-bond donors (Lipinski definition) is 5. The van der Waals surface area contributed by atoms with Gasteiger partial charge >= 0.3 is 6.16 Å². The van der Waals surface area contributed by atoms with E-state index in [0.717, 1.165) is 25.7 Å². The van der Waals surface area contributed by atoms with Crippen LogP contribution in [-0.4, -0.2) is 45.1 Å². The van der Waals surface area contributed by atoms with Gasteiger partial charge in [0.2, 0.25) is 5.91 Å². The van der Waals surface area contributed by atoms with Crippen LogP contribution in [0.4, 0.5) is 0 Å². The van der Waals surface area contributed by atoms with Crippen LogP contribution in [0.5, 0.6) is 11.5 Å². The first-order valence-corrected chi connectivity index (χ1v) is 7.92. The standard InChI is InChI=1S/C16H21NO7/c18-14-8-15(19,9-17-14)10-5-6-12(24-16(20,21)22)13(7-10)23-11-3-1-2-4-11/h5-7,11,19-22H,1-4,8-9H2,(H,17,18). The first-order chi connectivity index (χ1) is 11.3. The van der Waals surface area contributed by atoms with Crippen molar-refractivity contribution in [3.8, 4) is 11.5 Å². The molecule has 1 aliphatic heterocycles. The fourth-order valence-corrected chi connectivity index (χ4v) is 3.15. The summed E-state index contributed by atoms with van der Waals surface area (Å²) >= 11 is 0. The number of carbonyl (C=O) groups excluding carboxylic acids is 1. The van der Waals surface area contributed by atoms with E-state index in [1.807, 2.05) is 0 Å². The third-order valence-electron chi connectivity index (χ3n) is 4.35. The van der Waals surface area contributed by atoms with Gasteiger partial charge in [0.05, 0.1) is 19.1 Å². The molecule has 0 aromatic heterocycles. The SMILES string of the molecule is O=C1CC(O)(c2ccc(OC(O)(O)O)c(OC3CCCC3)c2)CN1. The maximum atomic E-state index is 11.4. The molecule has 1 unspecified atom stereocenters. The Labute approximate surface area is 138 Å². The number of β-amino-alcohol motifs (C(OH)–C–C–N with tert-alkyl or cyclic N) is 1. The van der Waals surface area contributed by atoms with Crippen LogP contribution in [-0.2, 0) is 10.4 Å². The summed E-state index contributed by atoms with van der Waals surface area (Å²) in [4.78, 5) is 11.4. The van der Waals surface area contributed by atoms with Crippen molar-refractivity contribution >= 4 is 5.91 Å². The summed E-state index contributed by atoms with van der Waals surface area (Å²) in [6.45, 7) is 0.0822. The van der Waals surface area contributed by atoms with Gasteiger partial charge in [-0.25, -0.2) is 0 Å². The zero-order chi connectivity index (χ0) is 17.4. The van der Waals surface area contributed by atoms with Crippen molar-refractivity contribution in [2.75, 3.05) is 6.54 Å². The molecule has 1 aliphatic carbocycles. The minimum atomic E-state index is -3.34. The van der Waals surface area contributed by atoms with Gasteiger partial charge < -0.3 is 35.2 Å². The lowest BCUT2D eigenvalue weighted by atomic mass is 9.92. The molecular formula is C16H21NO7. The molecule has 1 heterocycles. The van der Waals surface area contributed by atoms with Crippen LogP contribution in [0.3, 0.4) is 0 Å². The molecule has 1 saturated heterocycles. The van der Waals surface area contributed by atoms with E-state index in [2.05, 4.69) is 5.32 Å². The number of amides is 1. The molecule has 0 bridgehead atoms. The van der Waals surface area contributed by atoms with Crippen molar-refractivity contribution in [1.29, 1.82) is 0 Å². The highest BCUT2D eigenvalue weighted by Crippen LogP contribution is 2.38. The first-order valence-electron chi connectivity index (χ1n) is 7.92. The summed E-state index contributed by atoms with van der Waals surface area (Å²) in [6.07, 6.45) is 0.329. The monoisotopic (exact) mass is 339 g/mol. The van der Waals surface area contributed by atoms with Crippen LogP contribution in [0.15, 0.2) is 18.2 Å². The summed E-state index contributed by atoms with van der Waals surface area (Å²) in [6, 6.07) is 4.35. The number of hydrogen-bond acceptors (Lipinski definition) is 7. The molecule has 2 fully saturated rings. The van der Waals surface area contributed by atoms with E-state index in [1.54, 1.807) is 0 Å². The van der Waals surface area contributed by atoms with Crippen molar-refractivity contribution < 1.29 is 34.7 Å². The Bertz CT molecular complexity index is 621. The Balaban J connectivity index is 1.90. The number of carbonyl (C=O) groups is 1. The number of rotatable bonds is 5. The molecule has 8 nitrogen and oxygen atoms in total. The van der Waals surface area contributed by atoms with Crippen molar-refractivity contribution in [2.24, 2.45) is 0 Å².